The highest BCUT2D eigenvalue weighted by molar-refractivity contribution is 9.08. The number of pyridine rings is 1. The molecular weight excluding hydrogens is 306 g/mol. The van der Waals surface area contributed by atoms with Crippen LogP contribution in [0.5, 0.6) is 11.8 Å². The van der Waals surface area contributed by atoms with Crippen molar-refractivity contribution in [3.8, 4) is 11.8 Å². The summed E-state index contributed by atoms with van der Waals surface area (Å²) < 4.78 is 5.71. The second-order valence-corrected chi connectivity index (χ2v) is 4.50. The van der Waals surface area contributed by atoms with Gasteiger partial charge in [-0.25, -0.2) is 9.97 Å². The van der Waals surface area contributed by atoms with Crippen molar-refractivity contribution < 1.29 is 4.74 Å². The van der Waals surface area contributed by atoms with E-state index >= 15 is 0 Å². The van der Waals surface area contributed by atoms with Gasteiger partial charge in [-0.15, -0.1) is 0 Å². The molecule has 2 heterocycles. The molecule has 0 N–H and O–H groups in total. The fourth-order valence-electron chi connectivity index (χ4n) is 1.73. The van der Waals surface area contributed by atoms with Gasteiger partial charge in [-0.3, -0.25) is 4.98 Å². The van der Waals surface area contributed by atoms with Gasteiger partial charge in [0.25, 0.3) is 0 Å². The van der Waals surface area contributed by atoms with Gasteiger partial charge in [0.2, 0.25) is 0 Å². The van der Waals surface area contributed by atoms with Crippen LogP contribution in [0.4, 0.5) is 0 Å². The molecule has 0 atom stereocenters. The van der Waals surface area contributed by atoms with E-state index in [4.69, 9.17) is 4.74 Å². The Morgan fingerprint density at radius 1 is 1.00 bits per heavy atom. The van der Waals surface area contributed by atoms with Crippen molar-refractivity contribution in [3.05, 3.63) is 54.5 Å². The normalized spacial score (nSPS) is 10.6. The molecule has 1 aromatic carbocycles. The number of benzene rings is 1. The Kier molecular flexibility index (Phi) is 3.37. The quantitative estimate of drug-likeness (QED) is 0.691. The number of rotatable bonds is 3. The Balaban J connectivity index is 1.96. The standard InChI is InChI=1S/C14H10BrN3O/c15-7-10-8-17-14(18-9-10)19-13-5-1-4-12-11(13)3-2-6-16-12/h1-6,8-9H,7H2. The first-order chi connectivity index (χ1) is 9.36. The zero-order chi connectivity index (χ0) is 13.1. The summed E-state index contributed by atoms with van der Waals surface area (Å²) >= 11 is 3.35. The molecule has 4 nitrogen and oxygen atoms in total. The molecule has 3 rings (SSSR count). The molecular formula is C14H10BrN3O. The zero-order valence-corrected chi connectivity index (χ0v) is 11.5. The van der Waals surface area contributed by atoms with Gasteiger partial charge < -0.3 is 4.74 Å². The van der Waals surface area contributed by atoms with E-state index in [-0.39, 0.29) is 0 Å². The number of hydrogen-bond donors (Lipinski definition) is 0. The minimum Gasteiger partial charge on any atom is -0.424 e. The average molecular weight is 316 g/mol. The number of nitrogens with zero attached hydrogens (tertiary/aromatic N) is 3. The summed E-state index contributed by atoms with van der Waals surface area (Å²) in [6.07, 6.45) is 5.23. The van der Waals surface area contributed by atoms with Gasteiger partial charge in [0, 0.05) is 29.3 Å². The van der Waals surface area contributed by atoms with Crippen LogP contribution in [0.3, 0.4) is 0 Å². The molecule has 2 aromatic heterocycles. The van der Waals surface area contributed by atoms with Crippen molar-refractivity contribution >= 4 is 26.8 Å². The summed E-state index contributed by atoms with van der Waals surface area (Å²) in [5.41, 5.74) is 1.89. The first-order valence-electron chi connectivity index (χ1n) is 5.75. The van der Waals surface area contributed by atoms with E-state index in [1.807, 2.05) is 30.3 Å². The highest BCUT2D eigenvalue weighted by Crippen LogP contribution is 2.26. The number of ether oxygens (including phenoxy) is 1. The fraction of sp³-hybridized carbons (Fsp3) is 0.0714. The van der Waals surface area contributed by atoms with Gasteiger partial charge >= 0.3 is 6.01 Å². The number of fused-ring (bicyclic) bond motifs is 1. The zero-order valence-electron chi connectivity index (χ0n) is 9.95. The van der Waals surface area contributed by atoms with Crippen molar-refractivity contribution in [2.45, 2.75) is 5.33 Å². The maximum atomic E-state index is 5.71. The van der Waals surface area contributed by atoms with Gasteiger partial charge in [-0.05, 0) is 29.8 Å². The average Bonchev–Trinajstić information content (AvgIpc) is 2.48. The first-order valence-corrected chi connectivity index (χ1v) is 6.87. The fourth-order valence-corrected chi connectivity index (χ4v) is 2.02. The Labute approximate surface area is 118 Å². The number of halogens is 1. The third kappa shape index (κ3) is 2.56. The van der Waals surface area contributed by atoms with E-state index in [1.165, 1.54) is 0 Å². The van der Waals surface area contributed by atoms with Gasteiger partial charge in [0.05, 0.1) is 5.52 Å². The second kappa shape index (κ2) is 5.32. The lowest BCUT2D eigenvalue weighted by Gasteiger charge is -2.06. The van der Waals surface area contributed by atoms with Crippen LogP contribution >= 0.6 is 15.9 Å². The molecule has 0 radical (unpaired) electrons. The predicted octanol–water partition coefficient (Wildman–Crippen LogP) is 3.71. The summed E-state index contributed by atoms with van der Waals surface area (Å²) in [7, 11) is 0. The van der Waals surface area contributed by atoms with E-state index in [9.17, 15) is 0 Å². The lowest BCUT2D eigenvalue weighted by molar-refractivity contribution is 0.446. The summed E-state index contributed by atoms with van der Waals surface area (Å²) in [4.78, 5) is 12.6. The number of alkyl halides is 1. The number of hydrogen-bond acceptors (Lipinski definition) is 4. The molecule has 0 amide bonds. The van der Waals surface area contributed by atoms with Crippen LogP contribution in [0.1, 0.15) is 5.56 Å². The SMILES string of the molecule is BrCc1cnc(Oc2cccc3ncccc23)nc1. The summed E-state index contributed by atoms with van der Waals surface area (Å²) in [6.45, 7) is 0. The summed E-state index contributed by atoms with van der Waals surface area (Å²) in [5.74, 6) is 0.706. The van der Waals surface area contributed by atoms with Crippen LogP contribution in [-0.4, -0.2) is 15.0 Å². The Morgan fingerprint density at radius 3 is 2.63 bits per heavy atom. The molecule has 0 fully saturated rings. The van der Waals surface area contributed by atoms with Crippen LogP contribution in [0, 0.1) is 0 Å². The van der Waals surface area contributed by atoms with E-state index in [0.29, 0.717) is 11.8 Å². The molecule has 0 spiro atoms. The molecule has 0 aliphatic rings. The molecule has 5 heteroatoms. The molecule has 19 heavy (non-hydrogen) atoms. The lowest BCUT2D eigenvalue weighted by Crippen LogP contribution is -1.93. The topological polar surface area (TPSA) is 47.9 Å². The van der Waals surface area contributed by atoms with E-state index in [2.05, 4.69) is 30.9 Å². The van der Waals surface area contributed by atoms with Crippen LogP contribution < -0.4 is 4.74 Å². The molecule has 0 saturated carbocycles. The van der Waals surface area contributed by atoms with Crippen molar-refractivity contribution in [3.63, 3.8) is 0 Å². The summed E-state index contributed by atoms with van der Waals surface area (Å²) in [6, 6.07) is 9.90. The highest BCUT2D eigenvalue weighted by atomic mass is 79.9. The monoisotopic (exact) mass is 315 g/mol. The van der Waals surface area contributed by atoms with Crippen molar-refractivity contribution in [1.29, 1.82) is 0 Å². The van der Waals surface area contributed by atoms with Crippen LogP contribution in [0.15, 0.2) is 48.9 Å². The minimum absolute atomic E-state index is 0.334. The Bertz CT molecular complexity index is 695. The van der Waals surface area contributed by atoms with Crippen molar-refractivity contribution in [2.75, 3.05) is 0 Å². The number of aromatic nitrogens is 3. The van der Waals surface area contributed by atoms with Crippen LogP contribution in [0.25, 0.3) is 10.9 Å². The molecule has 0 bridgehead atoms. The van der Waals surface area contributed by atoms with Crippen molar-refractivity contribution in [1.82, 2.24) is 15.0 Å². The first kappa shape index (κ1) is 12.0. The largest absolute Gasteiger partial charge is 0.424 e. The van der Waals surface area contributed by atoms with Gasteiger partial charge in [-0.1, -0.05) is 22.0 Å². The van der Waals surface area contributed by atoms with Gasteiger partial charge in [0.1, 0.15) is 5.75 Å². The maximum Gasteiger partial charge on any atom is 0.321 e. The smallest absolute Gasteiger partial charge is 0.321 e. The van der Waals surface area contributed by atoms with E-state index in [0.717, 1.165) is 21.8 Å². The van der Waals surface area contributed by atoms with E-state index in [1.54, 1.807) is 18.6 Å². The molecule has 0 aliphatic carbocycles. The molecule has 0 saturated heterocycles. The van der Waals surface area contributed by atoms with Gasteiger partial charge in [-0.2, -0.15) is 0 Å². The molecule has 3 aromatic rings. The maximum absolute atomic E-state index is 5.71. The Hall–Kier alpha value is -2.01. The van der Waals surface area contributed by atoms with Gasteiger partial charge in [0.15, 0.2) is 0 Å². The van der Waals surface area contributed by atoms with Crippen LogP contribution in [-0.2, 0) is 5.33 Å². The predicted molar refractivity (Wildman–Crippen MR) is 76.5 cm³/mol. The Morgan fingerprint density at radius 2 is 1.84 bits per heavy atom. The second-order valence-electron chi connectivity index (χ2n) is 3.94. The summed E-state index contributed by atoms with van der Waals surface area (Å²) in [5, 5.41) is 1.67. The third-order valence-electron chi connectivity index (χ3n) is 2.64. The molecule has 94 valence electrons. The molecule has 0 aliphatic heterocycles. The minimum atomic E-state index is 0.334. The van der Waals surface area contributed by atoms with E-state index < -0.39 is 0 Å². The lowest BCUT2D eigenvalue weighted by atomic mass is 10.2. The van der Waals surface area contributed by atoms with Crippen molar-refractivity contribution in [2.24, 2.45) is 0 Å². The van der Waals surface area contributed by atoms with Crippen LogP contribution in [0.2, 0.25) is 0 Å². The highest BCUT2D eigenvalue weighted by Gasteiger charge is 2.05. The molecule has 0 unspecified atom stereocenters. The third-order valence-corrected chi connectivity index (χ3v) is 3.29.